The first kappa shape index (κ1) is 25.2. The van der Waals surface area contributed by atoms with Gasteiger partial charge in [-0.3, -0.25) is 9.36 Å². The quantitative estimate of drug-likeness (QED) is 0.368. The summed E-state index contributed by atoms with van der Waals surface area (Å²) in [5, 5.41) is 0. The molecule has 1 aliphatic rings. The number of aromatic nitrogens is 1. The van der Waals surface area contributed by atoms with Crippen LogP contribution in [0.25, 0.3) is 6.08 Å². The van der Waals surface area contributed by atoms with Crippen molar-refractivity contribution in [3.63, 3.8) is 0 Å². The predicted octanol–water partition coefficient (Wildman–Crippen LogP) is 4.82. The number of allylic oxidation sites excluding steroid dienone is 1. The smallest absolute Gasteiger partial charge is 0.338 e. The lowest BCUT2D eigenvalue weighted by molar-refractivity contribution is -0.139. The Morgan fingerprint density at radius 1 is 1.14 bits per heavy atom. The van der Waals surface area contributed by atoms with E-state index in [-0.39, 0.29) is 17.6 Å². The van der Waals surface area contributed by atoms with Gasteiger partial charge in [0.15, 0.2) is 4.80 Å². The zero-order valence-corrected chi connectivity index (χ0v) is 22.5. The Balaban J connectivity index is 1.88. The molecule has 0 saturated carbocycles. The molecule has 0 spiro atoms. The van der Waals surface area contributed by atoms with Crippen molar-refractivity contribution in [3.8, 4) is 0 Å². The molecule has 0 unspecified atom stereocenters. The van der Waals surface area contributed by atoms with Gasteiger partial charge in [-0.1, -0.05) is 68.5 Å². The number of esters is 1. The van der Waals surface area contributed by atoms with Crippen molar-refractivity contribution in [1.82, 2.24) is 4.57 Å². The van der Waals surface area contributed by atoms with Crippen LogP contribution in [0.15, 0.2) is 74.5 Å². The maximum Gasteiger partial charge on any atom is 0.338 e. The summed E-state index contributed by atoms with van der Waals surface area (Å²) in [4.78, 5) is 33.0. The van der Waals surface area contributed by atoms with Gasteiger partial charge in [0.25, 0.3) is 5.56 Å². The summed E-state index contributed by atoms with van der Waals surface area (Å²) in [6, 6.07) is 15.6. The normalized spacial score (nSPS) is 16.2. The van der Waals surface area contributed by atoms with Crippen LogP contribution < -0.4 is 14.9 Å². The van der Waals surface area contributed by atoms with Crippen LogP contribution >= 0.6 is 23.1 Å². The molecule has 4 rings (SSSR count). The number of rotatable bonds is 5. The second-order valence-electron chi connectivity index (χ2n) is 9.45. The number of nitrogens with zero attached hydrogens (tertiary/aromatic N) is 2. The standard InChI is InChI=1S/C28H30N2O3S2/c1-7-33-26(32)23-17(2)29-27-30(24(23)19-10-14-21(34-6)15-11-19)25(31)22(35-27)16-18-8-12-20(13-9-18)28(3,4)5/h8-16,24H,7H2,1-6H3/b22-16-/t24-/m0/s1. The summed E-state index contributed by atoms with van der Waals surface area (Å²) in [5.74, 6) is -0.445. The molecule has 182 valence electrons. The number of hydrogen-bond donors (Lipinski definition) is 0. The third-order valence-corrected chi connectivity index (χ3v) is 7.75. The van der Waals surface area contributed by atoms with Crippen molar-refractivity contribution in [2.45, 2.75) is 51.0 Å². The molecular formula is C28H30N2O3S2. The van der Waals surface area contributed by atoms with E-state index in [1.165, 1.54) is 16.9 Å². The molecule has 0 amide bonds. The molecule has 7 heteroatoms. The van der Waals surface area contributed by atoms with Gasteiger partial charge in [0.2, 0.25) is 0 Å². The van der Waals surface area contributed by atoms with Crippen LogP contribution in [0.3, 0.4) is 0 Å². The summed E-state index contributed by atoms with van der Waals surface area (Å²) in [6.07, 6.45) is 3.91. The highest BCUT2D eigenvalue weighted by atomic mass is 32.2. The third-order valence-electron chi connectivity index (χ3n) is 6.02. The van der Waals surface area contributed by atoms with E-state index in [1.807, 2.05) is 48.7 Å². The number of hydrogen-bond acceptors (Lipinski definition) is 6. The van der Waals surface area contributed by atoms with Gasteiger partial charge in [-0.05, 0) is 60.4 Å². The zero-order valence-electron chi connectivity index (χ0n) is 20.9. The number of carbonyl (C=O) groups excluding carboxylic acids is 1. The first-order chi connectivity index (χ1) is 16.6. The number of benzene rings is 2. The second-order valence-corrected chi connectivity index (χ2v) is 11.3. The highest BCUT2D eigenvalue weighted by molar-refractivity contribution is 7.98. The van der Waals surface area contributed by atoms with Crippen molar-refractivity contribution in [2.75, 3.05) is 12.9 Å². The lowest BCUT2D eigenvalue weighted by Crippen LogP contribution is -2.39. The SMILES string of the molecule is CCOC(=O)C1=C(C)N=c2s/c(=C\c3ccc(C(C)(C)C)cc3)c(=O)n2[C@H]1c1ccc(SC)cc1. The maximum absolute atomic E-state index is 13.7. The maximum atomic E-state index is 13.7. The van der Waals surface area contributed by atoms with Crippen LogP contribution in [-0.4, -0.2) is 23.4 Å². The Hall–Kier alpha value is -2.90. The number of thiazole rings is 1. The van der Waals surface area contributed by atoms with Gasteiger partial charge in [0.1, 0.15) is 0 Å². The van der Waals surface area contributed by atoms with Gasteiger partial charge >= 0.3 is 5.97 Å². The summed E-state index contributed by atoms with van der Waals surface area (Å²) < 4.78 is 7.58. The predicted molar refractivity (Wildman–Crippen MR) is 144 cm³/mol. The van der Waals surface area contributed by atoms with E-state index in [0.717, 1.165) is 16.0 Å². The minimum Gasteiger partial charge on any atom is -0.463 e. The second kappa shape index (κ2) is 9.99. The van der Waals surface area contributed by atoms with E-state index < -0.39 is 12.0 Å². The molecule has 1 aliphatic heterocycles. The number of fused-ring (bicyclic) bond motifs is 1. The molecule has 0 radical (unpaired) electrons. The third kappa shape index (κ3) is 5.07. The van der Waals surface area contributed by atoms with E-state index >= 15 is 0 Å². The Labute approximate surface area is 213 Å². The molecule has 0 N–H and O–H groups in total. The summed E-state index contributed by atoms with van der Waals surface area (Å²) in [7, 11) is 0. The Morgan fingerprint density at radius 3 is 2.37 bits per heavy atom. The molecule has 1 aromatic heterocycles. The van der Waals surface area contributed by atoms with Crippen LogP contribution in [0.4, 0.5) is 0 Å². The first-order valence-corrected chi connectivity index (χ1v) is 13.6. The average Bonchev–Trinajstić information content (AvgIpc) is 3.12. The van der Waals surface area contributed by atoms with Crippen molar-refractivity contribution in [1.29, 1.82) is 0 Å². The minimum atomic E-state index is -0.591. The monoisotopic (exact) mass is 506 g/mol. The van der Waals surface area contributed by atoms with E-state index in [4.69, 9.17) is 4.74 Å². The van der Waals surface area contributed by atoms with E-state index in [1.54, 1.807) is 30.2 Å². The van der Waals surface area contributed by atoms with E-state index in [0.29, 0.717) is 20.6 Å². The number of thioether (sulfide) groups is 1. The Morgan fingerprint density at radius 2 is 1.80 bits per heavy atom. The van der Waals surface area contributed by atoms with Crippen LogP contribution in [0.5, 0.6) is 0 Å². The fourth-order valence-corrected chi connectivity index (χ4v) is 5.58. The van der Waals surface area contributed by atoms with Gasteiger partial charge in [-0.15, -0.1) is 11.8 Å². The molecule has 5 nitrogen and oxygen atoms in total. The van der Waals surface area contributed by atoms with Gasteiger partial charge < -0.3 is 4.74 Å². The lowest BCUT2D eigenvalue weighted by Gasteiger charge is -2.24. The molecule has 0 saturated heterocycles. The highest BCUT2D eigenvalue weighted by Crippen LogP contribution is 2.31. The number of carbonyl (C=O) groups is 1. The van der Waals surface area contributed by atoms with Crippen LogP contribution in [0.2, 0.25) is 0 Å². The van der Waals surface area contributed by atoms with Gasteiger partial charge in [0.05, 0.1) is 28.5 Å². The molecule has 1 atom stereocenters. The summed E-state index contributed by atoms with van der Waals surface area (Å²) >= 11 is 2.98. The average molecular weight is 507 g/mol. The Bertz CT molecular complexity index is 1450. The topological polar surface area (TPSA) is 60.7 Å². The van der Waals surface area contributed by atoms with E-state index in [9.17, 15) is 9.59 Å². The van der Waals surface area contributed by atoms with Crippen molar-refractivity contribution in [2.24, 2.45) is 4.99 Å². The van der Waals surface area contributed by atoms with Crippen LogP contribution in [0, 0.1) is 0 Å². The molecular weight excluding hydrogens is 476 g/mol. The molecule has 35 heavy (non-hydrogen) atoms. The van der Waals surface area contributed by atoms with Gasteiger partial charge in [-0.25, -0.2) is 9.79 Å². The zero-order chi connectivity index (χ0) is 25.3. The first-order valence-electron chi connectivity index (χ1n) is 11.6. The largest absolute Gasteiger partial charge is 0.463 e. The molecule has 3 aromatic rings. The Kier molecular flexibility index (Phi) is 7.20. The molecule has 2 aromatic carbocycles. The molecule has 2 heterocycles. The molecule has 0 aliphatic carbocycles. The lowest BCUT2D eigenvalue weighted by atomic mass is 9.87. The minimum absolute atomic E-state index is 0.0602. The van der Waals surface area contributed by atoms with Crippen molar-refractivity contribution in [3.05, 3.63) is 96.2 Å². The van der Waals surface area contributed by atoms with E-state index in [2.05, 4.69) is 37.9 Å². The number of ether oxygens (including phenoxy) is 1. The fraction of sp³-hybridized carbons (Fsp3) is 0.321. The molecule has 0 fully saturated rings. The molecule has 0 bridgehead atoms. The van der Waals surface area contributed by atoms with Crippen LogP contribution in [-0.2, 0) is 14.9 Å². The van der Waals surface area contributed by atoms with Gasteiger partial charge in [0, 0.05) is 4.90 Å². The summed E-state index contributed by atoms with van der Waals surface area (Å²) in [5.41, 5.74) is 3.90. The summed E-state index contributed by atoms with van der Waals surface area (Å²) in [6.45, 7) is 10.4. The highest BCUT2D eigenvalue weighted by Gasteiger charge is 2.33. The van der Waals surface area contributed by atoms with Crippen molar-refractivity contribution >= 4 is 35.1 Å². The van der Waals surface area contributed by atoms with Crippen LogP contribution in [0.1, 0.15) is 57.4 Å². The fourth-order valence-electron chi connectivity index (χ4n) is 4.12. The van der Waals surface area contributed by atoms with Crippen molar-refractivity contribution < 1.29 is 9.53 Å². The van der Waals surface area contributed by atoms with Gasteiger partial charge in [-0.2, -0.15) is 0 Å².